The number of aliphatic imine (C=N–C) groups is 2. The Kier molecular flexibility index (Phi) is 98.9. The third-order valence-corrected chi connectivity index (χ3v) is 28.5. The van der Waals surface area contributed by atoms with Crippen molar-refractivity contribution in [1.82, 2.24) is 53.4 Å². The molecular formula is C95H188N12O8S6. The average molecular weight is 1820 g/mol. The Morgan fingerprint density at radius 3 is 0.860 bits per heavy atom. The second-order valence-corrected chi connectivity index (χ2v) is 41.9. The molecule has 0 atom stereocenters. The molecule has 0 spiro atoms. The van der Waals surface area contributed by atoms with Gasteiger partial charge in [0, 0.05) is 115 Å². The van der Waals surface area contributed by atoms with Crippen LogP contribution in [0.2, 0.25) is 0 Å². The van der Waals surface area contributed by atoms with Gasteiger partial charge in [0.05, 0.1) is 29.6 Å². The first-order valence-corrected chi connectivity index (χ1v) is 57.6. The van der Waals surface area contributed by atoms with E-state index in [1.807, 2.05) is 47.4 Å². The summed E-state index contributed by atoms with van der Waals surface area (Å²) < 4.78 is 56.9. The van der Waals surface area contributed by atoms with Gasteiger partial charge in [-0.2, -0.15) is 23.5 Å². The summed E-state index contributed by atoms with van der Waals surface area (Å²) in [5.74, 6) is 7.97. The molecule has 21 aliphatic rings. The monoisotopic (exact) mass is 1820 g/mol. The topological polar surface area (TPSA) is 258 Å². The molecule has 10 N–H and O–H groups in total. The Hall–Kier alpha value is -1.73. The molecule has 0 aromatic carbocycles. The highest BCUT2D eigenvalue weighted by atomic mass is 32.2. The molecule has 4 saturated carbocycles. The summed E-state index contributed by atoms with van der Waals surface area (Å²) in [5, 5.41) is 29.8. The Morgan fingerprint density at radius 2 is 0.686 bits per heavy atom. The number of carbonyl (C=O) groups excluding carboxylic acids is 1. The van der Waals surface area contributed by atoms with E-state index in [0.717, 1.165) is 97.2 Å². The standard InChI is InChI=1S/C7H14.C6H13N.C6H12O.3C5H11N.C5H9N.C5H10.C5H8.C4H9NO2S.C4H9NS.C4H5NS.C4H7N.C4H8O2S.C4H6OS.C4H8O.C4H8S.2C4H8.C3H8N2.C3H5NO/c3*1-2-4-6-7-5-3-1;4*1-2-4-6-5-3-1;2*1-2-4-5-3-1;6-8(7)3-1-5-2-4-8;2*1-3-6-4-2-5-1;1-2-4-5-3-1;5-7(6)3-1-2-4-7;5-4-2-1-3-6-4;2*1-2-4-5-3-1;2*1-2-4-3-1;1-2-4-5-3-1;1-2-5-3-4-1/h1-7H2;7H,1-6H2;1-6H2;3*6H,1-5H2;2,4,6H,1,3,5H2;1-5H2;1-2H,3-5H2;5H,1-4H2;5H,1-4H2;1-5H;3H,1-2,4H2;1-4H2;1-3H2;2*1-4H2;2*1-4H2;4-5H,1-3H2;3H,1-2H2. The second-order valence-electron chi connectivity index (χ2n) is 32.9. The van der Waals surface area contributed by atoms with Crippen LogP contribution in [0.4, 0.5) is 0 Å². The molecule has 21 rings (SSSR count). The maximum absolute atomic E-state index is 10.6. The van der Waals surface area contributed by atoms with E-state index >= 15 is 0 Å². The first kappa shape index (κ1) is 117. The number of hydrazine groups is 1. The molecule has 0 radical (unpaired) electrons. The predicted octanol–water partition coefficient (Wildman–Crippen LogP) is 19.9. The maximum atomic E-state index is 10.6. The molecule has 12 saturated heterocycles. The summed E-state index contributed by atoms with van der Waals surface area (Å²) in [4.78, 5) is 17.9. The van der Waals surface area contributed by atoms with E-state index in [0.29, 0.717) is 41.2 Å². The average Bonchev–Trinajstić information content (AvgIpc) is 1.77. The van der Waals surface area contributed by atoms with Gasteiger partial charge in [-0.3, -0.25) is 25.6 Å². The van der Waals surface area contributed by atoms with Gasteiger partial charge in [-0.05, 0) is 248 Å². The number of sulfone groups is 2. The van der Waals surface area contributed by atoms with Crippen LogP contribution in [0, 0.1) is 0 Å². The summed E-state index contributed by atoms with van der Waals surface area (Å²) in [5.41, 5.74) is 5.94. The zero-order valence-electron chi connectivity index (χ0n) is 77.3. The molecule has 5 aliphatic carbocycles. The van der Waals surface area contributed by atoms with Crippen LogP contribution in [0.25, 0.3) is 0 Å². The Morgan fingerprint density at radius 1 is 0.298 bits per heavy atom. The van der Waals surface area contributed by atoms with Crippen molar-refractivity contribution >= 4 is 84.5 Å². The van der Waals surface area contributed by atoms with Crippen molar-refractivity contribution in [3.05, 3.63) is 47.6 Å². The highest BCUT2D eigenvalue weighted by Crippen LogP contribution is 2.20. The van der Waals surface area contributed by atoms with E-state index in [2.05, 4.69) is 98.1 Å². The third kappa shape index (κ3) is 104. The zero-order valence-corrected chi connectivity index (χ0v) is 82.2. The number of nitrogens with one attached hydrogen (secondary N) is 10. The van der Waals surface area contributed by atoms with E-state index in [4.69, 9.17) is 9.47 Å². The van der Waals surface area contributed by atoms with E-state index in [9.17, 15) is 21.6 Å². The molecule has 121 heavy (non-hydrogen) atoms. The van der Waals surface area contributed by atoms with E-state index in [1.165, 1.54) is 421 Å². The highest BCUT2D eigenvalue weighted by molar-refractivity contribution is 8.14. The number of carbonyl (C=O) groups is 1. The van der Waals surface area contributed by atoms with Gasteiger partial charge < -0.3 is 56.7 Å². The first-order chi connectivity index (χ1) is 59.8. The van der Waals surface area contributed by atoms with E-state index in [-0.39, 0.29) is 0 Å². The van der Waals surface area contributed by atoms with Crippen molar-refractivity contribution in [2.75, 3.05) is 196 Å². The molecule has 16 fully saturated rings. The molecule has 16 aliphatic heterocycles. The zero-order chi connectivity index (χ0) is 86.5. The van der Waals surface area contributed by atoms with Gasteiger partial charge in [-0.25, -0.2) is 16.8 Å². The van der Waals surface area contributed by atoms with Crippen LogP contribution < -0.4 is 53.4 Å². The molecule has 16 heterocycles. The van der Waals surface area contributed by atoms with Crippen LogP contribution in [0.15, 0.2) is 57.6 Å². The lowest BCUT2D eigenvalue weighted by molar-refractivity contribution is -0.110. The lowest BCUT2D eigenvalue weighted by Gasteiger charge is -2.10. The van der Waals surface area contributed by atoms with Crippen LogP contribution in [0.5, 0.6) is 0 Å². The van der Waals surface area contributed by atoms with Crippen LogP contribution in [-0.2, 0) is 38.7 Å². The number of hydrogen-bond donors (Lipinski definition) is 10. The summed E-state index contributed by atoms with van der Waals surface area (Å²) >= 11 is 7.24. The number of allylic oxidation sites excluding steroid dienone is 3. The summed E-state index contributed by atoms with van der Waals surface area (Å²) in [6.45, 7) is 23.8. The number of rotatable bonds is 0. The Bertz CT molecular complexity index is 2090. The summed E-state index contributed by atoms with van der Waals surface area (Å²) in [6.07, 6.45) is 89.0. The smallest absolute Gasteiger partial charge is 0.188 e. The molecule has 0 unspecified atom stereocenters. The third-order valence-electron chi connectivity index (χ3n) is 21.3. The van der Waals surface area contributed by atoms with Crippen molar-refractivity contribution in [2.45, 2.75) is 340 Å². The van der Waals surface area contributed by atoms with E-state index < -0.39 is 19.7 Å². The largest absolute Gasteiger partial charge is 0.482 e. The highest BCUT2D eigenvalue weighted by Gasteiger charge is 2.17. The second kappa shape index (κ2) is 102. The fourth-order valence-corrected chi connectivity index (χ4v) is 18.5. The molecule has 0 aromatic heterocycles. The fourth-order valence-electron chi connectivity index (χ4n) is 12.9. The minimum absolute atomic E-state index is 0.312. The van der Waals surface area contributed by atoms with Gasteiger partial charge in [0.2, 0.25) is 0 Å². The van der Waals surface area contributed by atoms with Crippen molar-refractivity contribution in [3.8, 4) is 0 Å². The molecule has 0 bridgehead atoms. The number of nitrogens with zero attached hydrogens (tertiary/aromatic N) is 2. The Balaban J connectivity index is 0.000000636. The minimum Gasteiger partial charge on any atom is -0.482 e. The summed E-state index contributed by atoms with van der Waals surface area (Å²) in [6, 6.07) is 0. The molecule has 0 aromatic rings. The van der Waals surface area contributed by atoms with Crippen molar-refractivity contribution in [1.29, 1.82) is 0 Å². The molecule has 26 heteroatoms. The number of hydrogen-bond acceptors (Lipinski definition) is 24. The Labute approximate surface area is 762 Å². The van der Waals surface area contributed by atoms with Gasteiger partial charge in [0.25, 0.3) is 0 Å². The number of thioether (sulfide) groups is 4. The SMILES string of the molecule is C1=CCCC1.C1=CNCCC1.C1=CSC=CN1.C1=NCCC1.C1=NCCO1.C1CCC1.C1CCC1.C1CCCC1.C1CCCCCC1.C1CCCNCC1.C1CCCOCC1.C1CCNCC1.C1CCNCC1.C1CCNCC1.C1CCOC1.C1CCSC1.C1CNNC1.C1CSCCN1.O=C1CCCS1.O=S1(=O)CCCC1.O=S1(=O)CCNCC1. The molecule has 712 valence electrons. The number of ether oxygens (including phenoxy) is 3. The van der Waals surface area contributed by atoms with Crippen molar-refractivity contribution < 1.29 is 35.8 Å². The van der Waals surface area contributed by atoms with Crippen molar-refractivity contribution in [2.24, 2.45) is 9.98 Å². The fraction of sp³-hybridized carbons (Fsp3) is 0.884. The minimum atomic E-state index is -2.65. The lowest BCUT2D eigenvalue weighted by Crippen LogP contribution is -2.35. The predicted molar refractivity (Wildman–Crippen MR) is 537 cm³/mol. The maximum Gasteiger partial charge on any atom is 0.188 e. The molecular weight excluding hydrogens is 1630 g/mol. The normalized spacial score (nSPS) is 23.4. The van der Waals surface area contributed by atoms with Crippen LogP contribution in [0.1, 0.15) is 340 Å². The van der Waals surface area contributed by atoms with Crippen molar-refractivity contribution in [3.63, 3.8) is 0 Å². The molecule has 0 amide bonds. The first-order valence-electron chi connectivity index (χ1n) is 49.7. The number of piperidine rings is 3. The van der Waals surface area contributed by atoms with Gasteiger partial charge in [-0.1, -0.05) is 203 Å². The van der Waals surface area contributed by atoms with Gasteiger partial charge in [-0.15, -0.1) is 11.8 Å². The van der Waals surface area contributed by atoms with Gasteiger partial charge >= 0.3 is 0 Å². The lowest BCUT2D eigenvalue weighted by atomic mass is 10.0. The van der Waals surface area contributed by atoms with Crippen LogP contribution in [0.3, 0.4) is 0 Å². The summed E-state index contributed by atoms with van der Waals surface area (Å²) in [7, 11) is -5.19. The van der Waals surface area contributed by atoms with Gasteiger partial charge in [0.15, 0.2) is 21.4 Å². The van der Waals surface area contributed by atoms with Crippen LogP contribution in [-0.4, -0.2) is 231 Å². The van der Waals surface area contributed by atoms with Crippen LogP contribution >= 0.6 is 47.0 Å². The van der Waals surface area contributed by atoms with E-state index in [1.54, 1.807) is 11.8 Å². The molecule has 20 nitrogen and oxygen atoms in total. The quantitative estimate of drug-likeness (QED) is 0.0799. The van der Waals surface area contributed by atoms with Gasteiger partial charge in [0.1, 0.15) is 16.4 Å².